The second kappa shape index (κ2) is 6.93. The number of hydrogen-bond acceptors (Lipinski definition) is 5. The van der Waals surface area contributed by atoms with Crippen LogP contribution in [-0.2, 0) is 4.79 Å². The summed E-state index contributed by atoms with van der Waals surface area (Å²) in [5.74, 6) is -0.972. The summed E-state index contributed by atoms with van der Waals surface area (Å²) < 4.78 is 42.9. The highest BCUT2D eigenvalue weighted by atomic mass is 19.1. The van der Waals surface area contributed by atoms with Crippen molar-refractivity contribution < 1.29 is 18.0 Å². The summed E-state index contributed by atoms with van der Waals surface area (Å²) in [4.78, 5) is 19.7. The molecule has 1 spiro atoms. The third-order valence-corrected chi connectivity index (χ3v) is 7.06. The molecule has 2 aromatic heterocycles. The molecule has 0 saturated carbocycles. The number of anilines is 1. The topological polar surface area (TPSA) is 57.0 Å². The smallest absolute Gasteiger partial charge is 0.245 e. The van der Waals surface area contributed by atoms with Crippen LogP contribution in [0.1, 0.15) is 30.9 Å². The lowest BCUT2D eigenvalue weighted by Crippen LogP contribution is -2.46. The molecule has 3 fully saturated rings. The van der Waals surface area contributed by atoms with E-state index in [4.69, 9.17) is 0 Å². The number of fused-ring (bicyclic) bond motifs is 2. The average Bonchev–Trinajstić information content (AvgIpc) is 3.43. The van der Waals surface area contributed by atoms with Crippen molar-refractivity contribution in [3.63, 3.8) is 0 Å². The fourth-order valence-electron chi connectivity index (χ4n) is 5.49. The Bertz CT molecular complexity index is 1200. The number of piperidine rings is 1. The number of nitrogens with zero attached hydrogens (tertiary/aromatic N) is 6. The molecule has 7 nitrogen and oxygen atoms in total. The van der Waals surface area contributed by atoms with Crippen molar-refractivity contribution in [2.24, 2.45) is 5.41 Å². The first-order chi connectivity index (χ1) is 15.4. The van der Waals surface area contributed by atoms with Crippen LogP contribution in [0.15, 0.2) is 36.7 Å². The summed E-state index contributed by atoms with van der Waals surface area (Å²) in [7, 11) is 0. The average molecular weight is 442 g/mol. The number of halogens is 3. The highest BCUT2D eigenvalue weighted by Crippen LogP contribution is 2.47. The molecule has 166 valence electrons. The first kappa shape index (κ1) is 19.5. The molecule has 0 radical (unpaired) electrons. The Morgan fingerprint density at radius 3 is 2.53 bits per heavy atom. The van der Waals surface area contributed by atoms with Gasteiger partial charge in [0.25, 0.3) is 0 Å². The van der Waals surface area contributed by atoms with Gasteiger partial charge in [0, 0.05) is 38.4 Å². The maximum atomic E-state index is 13.9. The van der Waals surface area contributed by atoms with Crippen LogP contribution in [0.3, 0.4) is 0 Å². The molecule has 0 unspecified atom stereocenters. The highest BCUT2D eigenvalue weighted by molar-refractivity contribution is 5.85. The van der Waals surface area contributed by atoms with E-state index in [1.54, 1.807) is 17.3 Å². The normalized spacial score (nSPS) is 23.0. The summed E-state index contributed by atoms with van der Waals surface area (Å²) in [6, 6.07) is 4.92. The number of hydrazine groups is 1. The molecule has 32 heavy (non-hydrogen) atoms. The summed E-state index contributed by atoms with van der Waals surface area (Å²) in [5.41, 5.74) is 0.145. The molecule has 3 aliphatic rings. The molecule has 10 heteroatoms. The SMILES string of the molecule is O=C1N2[C@H](c3cc(F)cc(F)c3)CCN2CC12CCN(c1ccnc3c(F)cnn13)CC2. The summed E-state index contributed by atoms with van der Waals surface area (Å²) in [6.45, 7) is 2.52. The number of hydrogen-bond donors (Lipinski definition) is 0. The van der Waals surface area contributed by atoms with E-state index in [2.05, 4.69) is 15.0 Å². The molecule has 1 atom stereocenters. The van der Waals surface area contributed by atoms with Gasteiger partial charge in [-0.2, -0.15) is 9.61 Å². The maximum absolute atomic E-state index is 13.9. The van der Waals surface area contributed by atoms with Crippen molar-refractivity contribution in [2.45, 2.75) is 25.3 Å². The first-order valence-corrected chi connectivity index (χ1v) is 10.7. The first-order valence-electron chi connectivity index (χ1n) is 10.7. The number of carbonyl (C=O) groups is 1. The number of amides is 1. The predicted octanol–water partition coefficient (Wildman–Crippen LogP) is 2.94. The molecular formula is C22H21F3N6O. The van der Waals surface area contributed by atoms with Gasteiger partial charge in [0.05, 0.1) is 17.7 Å². The van der Waals surface area contributed by atoms with E-state index in [0.29, 0.717) is 51.0 Å². The minimum absolute atomic E-state index is 0.0225. The van der Waals surface area contributed by atoms with Gasteiger partial charge < -0.3 is 4.90 Å². The molecule has 0 N–H and O–H groups in total. The minimum atomic E-state index is -0.633. The second-order valence-corrected chi connectivity index (χ2v) is 8.84. The van der Waals surface area contributed by atoms with Crippen molar-refractivity contribution in [1.29, 1.82) is 0 Å². The number of aromatic nitrogens is 3. The second-order valence-electron chi connectivity index (χ2n) is 8.84. The van der Waals surface area contributed by atoms with Gasteiger partial charge in [-0.05, 0) is 43.0 Å². The van der Waals surface area contributed by atoms with E-state index in [9.17, 15) is 18.0 Å². The van der Waals surface area contributed by atoms with Gasteiger partial charge in [-0.25, -0.2) is 23.2 Å². The minimum Gasteiger partial charge on any atom is -0.356 e. The van der Waals surface area contributed by atoms with Crippen LogP contribution in [-0.4, -0.2) is 56.7 Å². The van der Waals surface area contributed by atoms with Gasteiger partial charge in [0.1, 0.15) is 17.5 Å². The van der Waals surface area contributed by atoms with Gasteiger partial charge in [-0.15, -0.1) is 0 Å². The Balaban J connectivity index is 1.24. The van der Waals surface area contributed by atoms with Crippen molar-refractivity contribution in [3.05, 3.63) is 59.7 Å². The molecule has 0 bridgehead atoms. The van der Waals surface area contributed by atoms with Crippen LogP contribution in [0, 0.1) is 22.9 Å². The molecule has 5 heterocycles. The fraction of sp³-hybridized carbons (Fsp3) is 0.409. The van der Waals surface area contributed by atoms with E-state index in [1.165, 1.54) is 16.6 Å². The Morgan fingerprint density at radius 1 is 1.03 bits per heavy atom. The van der Waals surface area contributed by atoms with E-state index < -0.39 is 22.9 Å². The van der Waals surface area contributed by atoms with E-state index in [0.717, 1.165) is 18.1 Å². The fourth-order valence-corrected chi connectivity index (χ4v) is 5.49. The lowest BCUT2D eigenvalue weighted by molar-refractivity contribution is -0.143. The van der Waals surface area contributed by atoms with Crippen LogP contribution in [0.25, 0.3) is 5.65 Å². The third-order valence-electron chi connectivity index (χ3n) is 7.06. The lowest BCUT2D eigenvalue weighted by atomic mass is 9.77. The van der Waals surface area contributed by atoms with Crippen molar-refractivity contribution in [2.75, 3.05) is 31.1 Å². The quantitative estimate of drug-likeness (QED) is 0.611. The van der Waals surface area contributed by atoms with Gasteiger partial charge in [-0.1, -0.05) is 0 Å². The monoisotopic (exact) mass is 442 g/mol. The standard InChI is InChI=1S/C22H21F3N6O/c23-15-9-14(10-16(24)11-15)18-2-6-29-13-22(21(32)31(18)29)3-7-28(8-4-22)19-1-5-26-20-17(25)12-27-30(19)20/h1,5,9-12,18H,2-4,6-8,13H2/t18-/m0/s1. The molecule has 3 aliphatic heterocycles. The van der Waals surface area contributed by atoms with Crippen LogP contribution in [0.5, 0.6) is 0 Å². The molecule has 3 saturated heterocycles. The van der Waals surface area contributed by atoms with E-state index >= 15 is 0 Å². The largest absolute Gasteiger partial charge is 0.356 e. The van der Waals surface area contributed by atoms with Crippen molar-refractivity contribution in [3.8, 4) is 0 Å². The van der Waals surface area contributed by atoms with Gasteiger partial charge >= 0.3 is 0 Å². The molecule has 0 aliphatic carbocycles. The summed E-state index contributed by atoms with van der Waals surface area (Å²) in [5, 5.41) is 7.84. The van der Waals surface area contributed by atoms with Crippen LogP contribution >= 0.6 is 0 Å². The molecule has 3 aromatic rings. The van der Waals surface area contributed by atoms with Crippen molar-refractivity contribution in [1.82, 2.24) is 24.6 Å². The number of carbonyl (C=O) groups excluding carboxylic acids is 1. The number of benzene rings is 1. The van der Waals surface area contributed by atoms with Crippen LogP contribution in [0.2, 0.25) is 0 Å². The van der Waals surface area contributed by atoms with E-state index in [1.807, 2.05) is 5.01 Å². The molecule has 1 amide bonds. The third kappa shape index (κ3) is 2.82. The zero-order valence-corrected chi connectivity index (χ0v) is 17.2. The predicted molar refractivity (Wildman–Crippen MR) is 109 cm³/mol. The zero-order valence-electron chi connectivity index (χ0n) is 17.2. The molecular weight excluding hydrogens is 421 g/mol. The summed E-state index contributed by atoms with van der Waals surface area (Å²) >= 11 is 0. The van der Waals surface area contributed by atoms with Crippen molar-refractivity contribution >= 4 is 17.4 Å². The lowest BCUT2D eigenvalue weighted by Gasteiger charge is -2.38. The maximum Gasteiger partial charge on any atom is 0.245 e. The Morgan fingerprint density at radius 2 is 1.78 bits per heavy atom. The summed E-state index contributed by atoms with van der Waals surface area (Å²) in [6.07, 6.45) is 4.63. The molecule has 6 rings (SSSR count). The van der Waals surface area contributed by atoms with E-state index in [-0.39, 0.29) is 17.6 Å². The Kier molecular flexibility index (Phi) is 4.23. The molecule has 1 aromatic carbocycles. The van der Waals surface area contributed by atoms with Crippen LogP contribution < -0.4 is 4.90 Å². The zero-order chi connectivity index (χ0) is 22.0. The van der Waals surface area contributed by atoms with Gasteiger partial charge in [0.2, 0.25) is 5.91 Å². The van der Waals surface area contributed by atoms with Crippen LogP contribution in [0.4, 0.5) is 19.0 Å². The highest BCUT2D eigenvalue weighted by Gasteiger charge is 2.56. The Hall–Kier alpha value is -3.14. The van der Waals surface area contributed by atoms with Gasteiger partial charge in [0.15, 0.2) is 11.5 Å². The van der Waals surface area contributed by atoms with Gasteiger partial charge in [-0.3, -0.25) is 9.80 Å². The Labute approximate surface area is 182 Å². The number of rotatable bonds is 2.